The van der Waals surface area contributed by atoms with Gasteiger partial charge in [-0.2, -0.15) is 0 Å². The molecule has 0 bridgehead atoms. The zero-order chi connectivity index (χ0) is 23.2. The summed E-state index contributed by atoms with van der Waals surface area (Å²) in [6, 6.07) is 0. The van der Waals surface area contributed by atoms with Crippen LogP contribution in [0, 0.1) is 0 Å². The molecular formula is C21H44N2O8. The standard InChI is InChI=1S/C21H44N2O8/c1-21(2,3)31-20(24)22-6-8-25-10-12-27-14-16-29-18-19-30-17-15-28-13-11-26-9-7-23(4)5/h6-19H2,1-5H3,(H,22,24). The molecule has 10 heteroatoms. The Morgan fingerprint density at radius 2 is 1.00 bits per heavy atom. The lowest BCUT2D eigenvalue weighted by atomic mass is 10.2. The molecule has 0 atom stereocenters. The summed E-state index contributed by atoms with van der Waals surface area (Å²) in [5, 5.41) is 2.63. The first-order valence-electron chi connectivity index (χ1n) is 10.9. The van der Waals surface area contributed by atoms with Crippen molar-refractivity contribution in [3.05, 3.63) is 0 Å². The van der Waals surface area contributed by atoms with Gasteiger partial charge in [-0.3, -0.25) is 0 Å². The highest BCUT2D eigenvalue weighted by atomic mass is 16.6. The van der Waals surface area contributed by atoms with Crippen LogP contribution in [0.3, 0.4) is 0 Å². The van der Waals surface area contributed by atoms with Crippen LogP contribution in [0.1, 0.15) is 20.8 Å². The number of ether oxygens (including phenoxy) is 7. The third-order valence-corrected chi connectivity index (χ3v) is 3.46. The molecule has 0 saturated carbocycles. The number of rotatable bonds is 21. The second kappa shape index (κ2) is 20.9. The lowest BCUT2D eigenvalue weighted by Gasteiger charge is -2.19. The van der Waals surface area contributed by atoms with Crippen molar-refractivity contribution in [2.75, 3.05) is 106 Å². The van der Waals surface area contributed by atoms with Crippen LogP contribution < -0.4 is 5.32 Å². The third-order valence-electron chi connectivity index (χ3n) is 3.46. The van der Waals surface area contributed by atoms with Crippen LogP contribution in [0.4, 0.5) is 4.79 Å². The van der Waals surface area contributed by atoms with Gasteiger partial charge in [0.1, 0.15) is 5.60 Å². The van der Waals surface area contributed by atoms with E-state index in [0.29, 0.717) is 85.8 Å². The predicted octanol–water partition coefficient (Wildman–Crippen LogP) is 1.17. The first-order chi connectivity index (χ1) is 14.8. The second-order valence-corrected chi connectivity index (χ2v) is 7.91. The van der Waals surface area contributed by atoms with Crippen LogP contribution in [0.5, 0.6) is 0 Å². The van der Waals surface area contributed by atoms with Gasteiger partial charge in [0.15, 0.2) is 0 Å². The summed E-state index contributed by atoms with van der Waals surface area (Å²) >= 11 is 0. The van der Waals surface area contributed by atoms with Crippen molar-refractivity contribution >= 4 is 6.09 Å². The monoisotopic (exact) mass is 452 g/mol. The highest BCUT2D eigenvalue weighted by Crippen LogP contribution is 2.05. The van der Waals surface area contributed by atoms with E-state index in [-0.39, 0.29) is 0 Å². The molecule has 31 heavy (non-hydrogen) atoms. The molecule has 10 nitrogen and oxygen atoms in total. The van der Waals surface area contributed by atoms with E-state index in [1.807, 2.05) is 34.9 Å². The van der Waals surface area contributed by atoms with Crippen molar-refractivity contribution in [3.63, 3.8) is 0 Å². The lowest BCUT2D eigenvalue weighted by molar-refractivity contribution is -0.0170. The van der Waals surface area contributed by atoms with Gasteiger partial charge < -0.3 is 43.4 Å². The quantitative estimate of drug-likeness (QED) is 0.257. The van der Waals surface area contributed by atoms with E-state index in [0.717, 1.165) is 6.54 Å². The maximum absolute atomic E-state index is 11.4. The molecule has 1 N–H and O–H groups in total. The average Bonchev–Trinajstić information content (AvgIpc) is 2.67. The van der Waals surface area contributed by atoms with Crippen molar-refractivity contribution < 1.29 is 38.0 Å². The molecule has 0 aromatic rings. The minimum atomic E-state index is -0.497. The van der Waals surface area contributed by atoms with Crippen molar-refractivity contribution in [3.8, 4) is 0 Å². The number of alkyl carbamates (subject to hydrolysis) is 1. The molecule has 0 aliphatic heterocycles. The number of hydrogen-bond donors (Lipinski definition) is 1. The SMILES string of the molecule is CN(C)CCOCCOCCOCCOCCOCCOCCNC(=O)OC(C)(C)C. The van der Waals surface area contributed by atoms with Crippen LogP contribution in [0.25, 0.3) is 0 Å². The van der Waals surface area contributed by atoms with Gasteiger partial charge in [0, 0.05) is 13.1 Å². The molecule has 0 heterocycles. The van der Waals surface area contributed by atoms with Crippen LogP contribution >= 0.6 is 0 Å². The van der Waals surface area contributed by atoms with Gasteiger partial charge in [0.2, 0.25) is 0 Å². The van der Waals surface area contributed by atoms with E-state index in [1.165, 1.54) is 0 Å². The van der Waals surface area contributed by atoms with Crippen LogP contribution in [-0.4, -0.2) is 123 Å². The van der Waals surface area contributed by atoms with Gasteiger partial charge in [-0.25, -0.2) is 4.79 Å². The zero-order valence-corrected chi connectivity index (χ0v) is 20.1. The largest absolute Gasteiger partial charge is 0.444 e. The topological polar surface area (TPSA) is 97.0 Å². The Balaban J connectivity index is 3.12. The summed E-state index contributed by atoms with van der Waals surface area (Å²) in [6.07, 6.45) is -0.443. The number of nitrogens with zero attached hydrogens (tertiary/aromatic N) is 1. The number of nitrogens with one attached hydrogen (secondary N) is 1. The molecule has 186 valence electrons. The fourth-order valence-electron chi connectivity index (χ4n) is 1.99. The summed E-state index contributed by atoms with van der Waals surface area (Å²) in [7, 11) is 4.03. The summed E-state index contributed by atoms with van der Waals surface area (Å²) in [6.45, 7) is 13.1. The smallest absolute Gasteiger partial charge is 0.407 e. The van der Waals surface area contributed by atoms with Crippen LogP contribution in [0.15, 0.2) is 0 Å². The fourth-order valence-corrected chi connectivity index (χ4v) is 1.99. The maximum atomic E-state index is 11.4. The molecule has 0 aliphatic carbocycles. The van der Waals surface area contributed by atoms with E-state index >= 15 is 0 Å². The Morgan fingerprint density at radius 3 is 1.35 bits per heavy atom. The molecule has 0 aliphatic rings. The molecular weight excluding hydrogens is 408 g/mol. The van der Waals surface area contributed by atoms with E-state index in [1.54, 1.807) is 0 Å². The average molecular weight is 453 g/mol. The Hall–Kier alpha value is -1.01. The normalized spacial score (nSPS) is 11.8. The number of amides is 1. The molecule has 0 fully saturated rings. The number of carbonyl (C=O) groups is 1. The van der Waals surface area contributed by atoms with Gasteiger partial charge in [-0.05, 0) is 34.9 Å². The highest BCUT2D eigenvalue weighted by molar-refractivity contribution is 5.67. The molecule has 0 rings (SSSR count). The number of carbonyl (C=O) groups excluding carboxylic acids is 1. The van der Waals surface area contributed by atoms with E-state index in [4.69, 9.17) is 33.2 Å². The van der Waals surface area contributed by atoms with Gasteiger partial charge in [0.05, 0.1) is 79.3 Å². The zero-order valence-electron chi connectivity index (χ0n) is 20.1. The van der Waals surface area contributed by atoms with Crippen molar-refractivity contribution in [2.45, 2.75) is 26.4 Å². The minimum Gasteiger partial charge on any atom is -0.444 e. The van der Waals surface area contributed by atoms with Gasteiger partial charge in [-0.1, -0.05) is 0 Å². The van der Waals surface area contributed by atoms with E-state index in [2.05, 4.69) is 10.2 Å². The van der Waals surface area contributed by atoms with Crippen molar-refractivity contribution in [2.24, 2.45) is 0 Å². The first-order valence-corrected chi connectivity index (χ1v) is 10.9. The van der Waals surface area contributed by atoms with Gasteiger partial charge >= 0.3 is 6.09 Å². The molecule has 0 aromatic carbocycles. The summed E-state index contributed by atoms with van der Waals surface area (Å²) < 4.78 is 37.6. The molecule has 0 radical (unpaired) electrons. The summed E-state index contributed by atoms with van der Waals surface area (Å²) in [5.41, 5.74) is -0.497. The van der Waals surface area contributed by atoms with Crippen molar-refractivity contribution in [1.29, 1.82) is 0 Å². The fraction of sp³-hybridized carbons (Fsp3) is 0.952. The maximum Gasteiger partial charge on any atom is 0.407 e. The Bertz CT molecular complexity index is 405. The Labute approximate surface area is 187 Å². The minimum absolute atomic E-state index is 0.396. The molecule has 0 spiro atoms. The summed E-state index contributed by atoms with van der Waals surface area (Å²) in [5.74, 6) is 0. The highest BCUT2D eigenvalue weighted by Gasteiger charge is 2.15. The summed E-state index contributed by atoms with van der Waals surface area (Å²) in [4.78, 5) is 13.5. The number of hydrogen-bond acceptors (Lipinski definition) is 9. The third kappa shape index (κ3) is 27.0. The Morgan fingerprint density at radius 1 is 0.645 bits per heavy atom. The molecule has 1 amide bonds. The van der Waals surface area contributed by atoms with E-state index in [9.17, 15) is 4.79 Å². The lowest BCUT2D eigenvalue weighted by Crippen LogP contribution is -2.34. The van der Waals surface area contributed by atoms with Gasteiger partial charge in [0.25, 0.3) is 0 Å². The van der Waals surface area contributed by atoms with Crippen LogP contribution in [-0.2, 0) is 33.2 Å². The molecule has 0 aromatic heterocycles. The number of likely N-dealkylation sites (N-methyl/N-ethyl adjacent to an activating group) is 1. The second-order valence-electron chi connectivity index (χ2n) is 7.91. The van der Waals surface area contributed by atoms with Gasteiger partial charge in [-0.15, -0.1) is 0 Å². The van der Waals surface area contributed by atoms with E-state index < -0.39 is 11.7 Å². The predicted molar refractivity (Wildman–Crippen MR) is 118 cm³/mol. The first kappa shape index (κ1) is 30.0. The van der Waals surface area contributed by atoms with Crippen LogP contribution in [0.2, 0.25) is 0 Å². The Kier molecular flexibility index (Phi) is 20.2. The molecule has 0 saturated heterocycles. The van der Waals surface area contributed by atoms with Crippen molar-refractivity contribution in [1.82, 2.24) is 10.2 Å². The molecule has 0 unspecified atom stereocenters.